The third-order valence-corrected chi connectivity index (χ3v) is 4.18. The first-order valence-corrected chi connectivity index (χ1v) is 8.32. The van der Waals surface area contributed by atoms with Crippen molar-refractivity contribution in [2.24, 2.45) is 5.73 Å². The molecule has 0 aliphatic carbocycles. The van der Waals surface area contributed by atoms with Crippen molar-refractivity contribution in [3.8, 4) is 5.75 Å². The number of halogens is 2. The fourth-order valence-electron chi connectivity index (χ4n) is 2.54. The van der Waals surface area contributed by atoms with Crippen LogP contribution >= 0.6 is 11.6 Å². The van der Waals surface area contributed by atoms with Gasteiger partial charge in [0, 0.05) is 32.0 Å². The van der Waals surface area contributed by atoms with Crippen molar-refractivity contribution in [2.75, 3.05) is 13.1 Å². The van der Waals surface area contributed by atoms with Crippen LogP contribution in [0.15, 0.2) is 18.2 Å². The summed E-state index contributed by atoms with van der Waals surface area (Å²) in [6.07, 6.45) is -0.141. The van der Waals surface area contributed by atoms with Crippen LogP contribution in [0, 0.1) is 5.82 Å². The Balaban J connectivity index is 2.12. The van der Waals surface area contributed by atoms with E-state index in [1.165, 1.54) is 17.0 Å². The molecule has 0 saturated carbocycles. The quantitative estimate of drug-likeness (QED) is 0.883. The molecule has 1 heterocycles. The fraction of sp³-hybridized carbons (Fsp3) is 0.529. The Morgan fingerprint density at radius 2 is 1.88 bits per heavy atom. The second kappa shape index (κ2) is 7.07. The molecule has 8 heteroatoms. The van der Waals surface area contributed by atoms with Gasteiger partial charge in [0.1, 0.15) is 17.2 Å². The largest absolute Gasteiger partial charge is 0.476 e. The zero-order valence-electron chi connectivity index (χ0n) is 14.5. The number of carbonyl (C=O) groups is 2. The van der Waals surface area contributed by atoms with Gasteiger partial charge >= 0.3 is 6.09 Å². The number of amides is 2. The summed E-state index contributed by atoms with van der Waals surface area (Å²) in [5.41, 5.74) is 3.56. The molecule has 2 N–H and O–H groups in total. The van der Waals surface area contributed by atoms with Gasteiger partial charge in [-0.15, -0.1) is 0 Å². The maximum Gasteiger partial charge on any atom is 0.410 e. The van der Waals surface area contributed by atoms with Gasteiger partial charge in [0.2, 0.25) is 0 Å². The molecule has 0 atom stereocenters. The highest BCUT2D eigenvalue weighted by molar-refractivity contribution is 6.32. The number of primary amides is 1. The number of nitrogens with two attached hydrogens (primary N) is 1. The molecule has 0 spiro atoms. The number of carbonyl (C=O) groups excluding carboxylic acids is 2. The smallest absolute Gasteiger partial charge is 0.410 e. The Morgan fingerprint density at radius 3 is 2.40 bits per heavy atom. The Bertz CT molecular complexity index is 667. The summed E-state index contributed by atoms with van der Waals surface area (Å²) in [7, 11) is 0. The number of piperidine rings is 1. The molecule has 6 nitrogen and oxygen atoms in total. The summed E-state index contributed by atoms with van der Waals surface area (Å²) in [5, 5.41) is 0.177. The molecule has 0 bridgehead atoms. The Labute approximate surface area is 151 Å². The van der Waals surface area contributed by atoms with Crippen LogP contribution in [-0.2, 0) is 9.53 Å². The topological polar surface area (TPSA) is 81.9 Å². The minimum atomic E-state index is -1.35. The van der Waals surface area contributed by atoms with E-state index in [0.29, 0.717) is 0 Å². The van der Waals surface area contributed by atoms with Crippen molar-refractivity contribution in [1.29, 1.82) is 0 Å². The predicted molar refractivity (Wildman–Crippen MR) is 91.0 cm³/mol. The molecular formula is C17H22ClFN2O4. The van der Waals surface area contributed by atoms with Crippen LogP contribution in [0.3, 0.4) is 0 Å². The van der Waals surface area contributed by atoms with Crippen LogP contribution in [0.25, 0.3) is 0 Å². The van der Waals surface area contributed by atoms with Gasteiger partial charge in [-0.25, -0.2) is 9.18 Å². The van der Waals surface area contributed by atoms with E-state index >= 15 is 0 Å². The van der Waals surface area contributed by atoms with E-state index in [-0.39, 0.29) is 36.7 Å². The minimum Gasteiger partial charge on any atom is -0.476 e. The Morgan fingerprint density at radius 1 is 1.28 bits per heavy atom. The number of rotatable bonds is 3. The van der Waals surface area contributed by atoms with Crippen molar-refractivity contribution in [2.45, 2.75) is 44.8 Å². The summed E-state index contributed by atoms with van der Waals surface area (Å²) < 4.78 is 24.5. The lowest BCUT2D eigenvalue weighted by Gasteiger charge is -2.40. The van der Waals surface area contributed by atoms with Gasteiger partial charge in [-0.3, -0.25) is 4.79 Å². The highest BCUT2D eigenvalue weighted by Crippen LogP contribution is 2.34. The van der Waals surface area contributed by atoms with E-state index < -0.39 is 29.0 Å². The second-order valence-corrected chi connectivity index (χ2v) is 7.41. The number of hydrogen-bond donors (Lipinski definition) is 1. The molecule has 0 radical (unpaired) electrons. The molecule has 0 unspecified atom stereocenters. The lowest BCUT2D eigenvalue weighted by molar-refractivity contribution is -0.137. The first-order valence-electron chi connectivity index (χ1n) is 7.94. The van der Waals surface area contributed by atoms with Gasteiger partial charge in [-0.05, 0) is 32.9 Å². The molecular weight excluding hydrogens is 351 g/mol. The van der Waals surface area contributed by atoms with E-state index in [9.17, 15) is 14.0 Å². The van der Waals surface area contributed by atoms with Gasteiger partial charge < -0.3 is 20.1 Å². The SMILES string of the molecule is CC(C)(C)OC(=O)N1CCC(Oc2cc(F)ccc2Cl)(C(N)=O)CC1. The van der Waals surface area contributed by atoms with E-state index in [0.717, 1.165) is 6.07 Å². The third kappa shape index (κ3) is 4.75. The van der Waals surface area contributed by atoms with E-state index in [2.05, 4.69) is 0 Å². The minimum absolute atomic E-state index is 0.0474. The highest BCUT2D eigenvalue weighted by atomic mass is 35.5. The third-order valence-electron chi connectivity index (χ3n) is 3.87. The van der Waals surface area contributed by atoms with Gasteiger partial charge in [0.25, 0.3) is 5.91 Å². The van der Waals surface area contributed by atoms with E-state index in [1.54, 1.807) is 20.8 Å². The normalized spacial score (nSPS) is 17.1. The van der Waals surface area contributed by atoms with Crippen LogP contribution in [0.4, 0.5) is 9.18 Å². The molecule has 2 amide bonds. The Hall–Kier alpha value is -2.02. The van der Waals surface area contributed by atoms with Crippen LogP contribution in [-0.4, -0.2) is 41.2 Å². The summed E-state index contributed by atoms with van der Waals surface area (Å²) >= 11 is 6.01. The van der Waals surface area contributed by atoms with Crippen LogP contribution in [0.5, 0.6) is 5.75 Å². The van der Waals surface area contributed by atoms with Crippen molar-refractivity contribution in [3.05, 3.63) is 29.0 Å². The van der Waals surface area contributed by atoms with Crippen LogP contribution in [0.1, 0.15) is 33.6 Å². The molecule has 1 aliphatic rings. The maximum atomic E-state index is 13.4. The van der Waals surface area contributed by atoms with Crippen molar-refractivity contribution in [1.82, 2.24) is 4.90 Å². The standard InChI is InChI=1S/C17H22ClFN2O4/c1-16(2,3)25-15(23)21-8-6-17(7-9-21,14(20)22)24-13-10-11(19)4-5-12(13)18/h4-5,10H,6-9H2,1-3H3,(H2,20,22). The molecule has 1 fully saturated rings. The number of hydrogen-bond acceptors (Lipinski definition) is 4. The summed E-state index contributed by atoms with van der Waals surface area (Å²) in [6.45, 7) is 5.78. The second-order valence-electron chi connectivity index (χ2n) is 7.00. The van der Waals surface area contributed by atoms with Crippen molar-refractivity contribution >= 4 is 23.6 Å². The van der Waals surface area contributed by atoms with Crippen LogP contribution in [0.2, 0.25) is 5.02 Å². The molecule has 0 aromatic heterocycles. The average Bonchev–Trinajstić information content (AvgIpc) is 2.49. The zero-order valence-corrected chi connectivity index (χ0v) is 15.2. The number of benzene rings is 1. The van der Waals surface area contributed by atoms with Gasteiger partial charge in [0.05, 0.1) is 5.02 Å². The summed E-state index contributed by atoms with van der Waals surface area (Å²) in [6, 6.07) is 3.64. The lowest BCUT2D eigenvalue weighted by atomic mass is 9.90. The number of nitrogens with zero attached hydrogens (tertiary/aromatic N) is 1. The first-order chi connectivity index (χ1) is 11.5. The Kier molecular flexibility index (Phi) is 5.46. The average molecular weight is 373 g/mol. The molecule has 138 valence electrons. The van der Waals surface area contributed by atoms with Gasteiger partial charge in [-0.1, -0.05) is 11.6 Å². The zero-order chi connectivity index (χ0) is 18.8. The van der Waals surface area contributed by atoms with E-state index in [4.69, 9.17) is 26.8 Å². The van der Waals surface area contributed by atoms with Crippen molar-refractivity contribution in [3.63, 3.8) is 0 Å². The molecule has 2 rings (SSSR count). The van der Waals surface area contributed by atoms with Crippen molar-refractivity contribution < 1.29 is 23.5 Å². The first kappa shape index (κ1) is 19.3. The van der Waals surface area contributed by atoms with Gasteiger partial charge in [-0.2, -0.15) is 0 Å². The molecule has 1 aromatic carbocycles. The van der Waals surface area contributed by atoms with Crippen LogP contribution < -0.4 is 10.5 Å². The highest BCUT2D eigenvalue weighted by Gasteiger charge is 2.44. The predicted octanol–water partition coefficient (Wildman–Crippen LogP) is 3.11. The summed E-state index contributed by atoms with van der Waals surface area (Å²) in [5.74, 6) is -1.17. The molecule has 1 saturated heterocycles. The molecule has 25 heavy (non-hydrogen) atoms. The molecule has 1 aromatic rings. The monoisotopic (exact) mass is 372 g/mol. The maximum absolute atomic E-state index is 13.4. The molecule has 1 aliphatic heterocycles. The van der Waals surface area contributed by atoms with E-state index in [1.807, 2.05) is 0 Å². The number of likely N-dealkylation sites (tertiary alicyclic amines) is 1. The number of ether oxygens (including phenoxy) is 2. The lowest BCUT2D eigenvalue weighted by Crippen LogP contribution is -2.57. The summed E-state index contributed by atoms with van der Waals surface area (Å²) in [4.78, 5) is 25.6. The van der Waals surface area contributed by atoms with Gasteiger partial charge in [0.15, 0.2) is 5.60 Å². The fourth-order valence-corrected chi connectivity index (χ4v) is 2.70.